The summed E-state index contributed by atoms with van der Waals surface area (Å²) in [7, 11) is 0. The summed E-state index contributed by atoms with van der Waals surface area (Å²) in [5, 5.41) is 17.1. The Kier molecular flexibility index (Phi) is 7.85. The van der Waals surface area contributed by atoms with Crippen LogP contribution in [0.4, 0.5) is 0 Å². The topological polar surface area (TPSA) is 97.1 Å². The number of pyridine rings is 1. The first-order valence-corrected chi connectivity index (χ1v) is 12.1. The third kappa shape index (κ3) is 6.36. The van der Waals surface area contributed by atoms with Gasteiger partial charge in [0, 0.05) is 34.2 Å². The molecule has 0 spiro atoms. The number of hydrogen-bond acceptors (Lipinski definition) is 4. The molecule has 3 aromatic rings. The van der Waals surface area contributed by atoms with Crippen LogP contribution in [0.25, 0.3) is 0 Å². The number of fused-ring (bicyclic) bond motifs is 1. The molecular weight excluding hydrogens is 475 g/mol. The maximum Gasteiger partial charge on any atom is 0.305 e. The van der Waals surface area contributed by atoms with Crippen molar-refractivity contribution in [2.75, 3.05) is 0 Å². The number of carboxylic acid groups (broad SMARTS) is 1. The van der Waals surface area contributed by atoms with E-state index in [1.165, 1.54) is 30.3 Å². The van der Waals surface area contributed by atoms with Crippen molar-refractivity contribution >= 4 is 35.1 Å². The molecule has 0 saturated heterocycles. The van der Waals surface area contributed by atoms with Gasteiger partial charge in [0.2, 0.25) is 0 Å². The van der Waals surface area contributed by atoms with E-state index in [9.17, 15) is 14.7 Å². The molecule has 2 heterocycles. The summed E-state index contributed by atoms with van der Waals surface area (Å²) in [5.41, 5.74) is 4.58. The Balaban J connectivity index is 1.35. The van der Waals surface area contributed by atoms with Crippen molar-refractivity contribution in [3.63, 3.8) is 0 Å². The Hall–Kier alpha value is -2.90. The predicted octanol–water partition coefficient (Wildman–Crippen LogP) is 5.04. The highest BCUT2D eigenvalue weighted by Gasteiger charge is 2.21. The van der Waals surface area contributed by atoms with Crippen molar-refractivity contribution in [1.82, 2.24) is 20.1 Å². The molecule has 0 radical (unpaired) electrons. The van der Waals surface area contributed by atoms with Crippen LogP contribution in [0, 0.1) is 0 Å². The second kappa shape index (κ2) is 11.0. The van der Waals surface area contributed by atoms with Crippen LogP contribution in [0.15, 0.2) is 42.7 Å². The van der Waals surface area contributed by atoms with E-state index in [-0.39, 0.29) is 6.42 Å². The van der Waals surface area contributed by atoms with Gasteiger partial charge in [-0.15, -0.1) is 0 Å². The molecule has 1 aliphatic carbocycles. The third-order valence-electron chi connectivity index (χ3n) is 5.92. The van der Waals surface area contributed by atoms with Gasteiger partial charge in [0.25, 0.3) is 5.91 Å². The number of hydrogen-bond donors (Lipinski definition) is 2. The van der Waals surface area contributed by atoms with Crippen molar-refractivity contribution < 1.29 is 14.7 Å². The average Bonchev–Trinajstić information content (AvgIpc) is 3.27. The molecule has 2 N–H and O–H groups in total. The fraction of sp³-hybridized carbons (Fsp3) is 0.360. The monoisotopic (exact) mass is 500 g/mol. The van der Waals surface area contributed by atoms with Crippen molar-refractivity contribution in [3.05, 3.63) is 80.8 Å². The molecule has 4 rings (SSSR count). The van der Waals surface area contributed by atoms with Crippen LogP contribution in [0.1, 0.15) is 64.6 Å². The summed E-state index contributed by atoms with van der Waals surface area (Å²) in [6.45, 7) is 0.647. The molecule has 9 heteroatoms. The van der Waals surface area contributed by atoms with Crippen LogP contribution >= 0.6 is 23.2 Å². The molecule has 178 valence electrons. The Labute approximate surface area is 208 Å². The summed E-state index contributed by atoms with van der Waals surface area (Å²) < 4.78 is 1.72. The molecule has 7 nitrogen and oxygen atoms in total. The first-order chi connectivity index (χ1) is 16.4. The third-order valence-corrected chi connectivity index (χ3v) is 6.36. The minimum Gasteiger partial charge on any atom is -0.481 e. The van der Waals surface area contributed by atoms with E-state index in [4.69, 9.17) is 28.2 Å². The number of carbonyl (C=O) groups excluding carboxylic acids is 1. The van der Waals surface area contributed by atoms with E-state index in [1.54, 1.807) is 29.1 Å². The number of carbonyl (C=O) groups is 2. The maximum absolute atomic E-state index is 12.8. The predicted molar refractivity (Wildman–Crippen MR) is 130 cm³/mol. The number of amides is 1. The van der Waals surface area contributed by atoms with Crippen molar-refractivity contribution in [1.29, 1.82) is 0 Å². The first kappa shape index (κ1) is 24.2. The second-order valence-corrected chi connectivity index (χ2v) is 9.41. The van der Waals surface area contributed by atoms with Gasteiger partial charge in [0.05, 0.1) is 24.2 Å². The van der Waals surface area contributed by atoms with Crippen molar-refractivity contribution in [2.45, 2.75) is 57.5 Å². The van der Waals surface area contributed by atoms with Gasteiger partial charge in [-0.25, -0.2) is 0 Å². The highest BCUT2D eigenvalue weighted by atomic mass is 35.5. The summed E-state index contributed by atoms with van der Waals surface area (Å²) in [5.74, 6) is -1.46. The standard InChI is InChI=1S/C25H26Cl2N4O3/c26-19-10-17(11-20(27)12-19)23(13-24(32)33)30-25(34)18-14-28-31(15-18)9-3-5-21-8-7-16-4-1-2-6-22(16)29-21/h7-8,10-12,14-15,23H,1-6,9,13H2,(H,30,34)(H,32,33)/t23-/m0/s1. The van der Waals surface area contributed by atoms with Crippen molar-refractivity contribution in [2.24, 2.45) is 0 Å². The lowest BCUT2D eigenvalue weighted by Gasteiger charge is -2.17. The van der Waals surface area contributed by atoms with Crippen LogP contribution in [0.2, 0.25) is 10.0 Å². The average molecular weight is 501 g/mol. The van der Waals surface area contributed by atoms with E-state index in [2.05, 4.69) is 22.5 Å². The SMILES string of the molecule is O=C(O)C[C@H](NC(=O)c1cnn(CCCc2ccc3c(n2)CCCC3)c1)c1cc(Cl)cc(Cl)c1. The van der Waals surface area contributed by atoms with Crippen LogP contribution in [-0.4, -0.2) is 31.7 Å². The van der Waals surface area contributed by atoms with Crippen LogP contribution in [0.5, 0.6) is 0 Å². The molecule has 1 amide bonds. The highest BCUT2D eigenvalue weighted by Crippen LogP contribution is 2.26. The molecular formula is C25H26Cl2N4O3. The Morgan fingerprint density at radius 1 is 1.12 bits per heavy atom. The van der Waals surface area contributed by atoms with Gasteiger partial charge in [-0.1, -0.05) is 29.3 Å². The number of aromatic nitrogens is 3. The quantitative estimate of drug-likeness (QED) is 0.428. The van der Waals surface area contributed by atoms with Crippen LogP contribution in [-0.2, 0) is 30.6 Å². The van der Waals surface area contributed by atoms with E-state index >= 15 is 0 Å². The second-order valence-electron chi connectivity index (χ2n) is 8.54. The fourth-order valence-electron chi connectivity index (χ4n) is 4.24. The normalized spacial score (nSPS) is 13.8. The first-order valence-electron chi connectivity index (χ1n) is 11.4. The molecule has 0 aliphatic heterocycles. The molecule has 0 fully saturated rings. The van der Waals surface area contributed by atoms with Gasteiger partial charge in [-0.3, -0.25) is 19.3 Å². The number of aliphatic carboxylic acids is 1. The van der Waals surface area contributed by atoms with Gasteiger partial charge in [0.15, 0.2) is 0 Å². The largest absolute Gasteiger partial charge is 0.481 e. The molecule has 0 unspecified atom stereocenters. The molecule has 0 bridgehead atoms. The zero-order valence-corrected chi connectivity index (χ0v) is 20.1. The van der Waals surface area contributed by atoms with E-state index in [0.717, 1.165) is 31.4 Å². The Bertz CT molecular complexity index is 1170. The minimum atomic E-state index is -1.05. The van der Waals surface area contributed by atoms with Gasteiger partial charge in [-0.05, 0) is 73.9 Å². The summed E-state index contributed by atoms with van der Waals surface area (Å²) in [6, 6.07) is 8.28. The Morgan fingerprint density at radius 3 is 2.65 bits per heavy atom. The zero-order chi connectivity index (χ0) is 24.1. The lowest BCUT2D eigenvalue weighted by Crippen LogP contribution is -2.30. The minimum absolute atomic E-state index is 0.301. The number of aryl methyl sites for hydroxylation is 4. The van der Waals surface area contributed by atoms with E-state index < -0.39 is 17.9 Å². The molecule has 1 atom stereocenters. The van der Waals surface area contributed by atoms with Crippen molar-refractivity contribution in [3.8, 4) is 0 Å². The molecule has 2 aromatic heterocycles. The lowest BCUT2D eigenvalue weighted by atomic mass is 9.95. The molecule has 34 heavy (non-hydrogen) atoms. The highest BCUT2D eigenvalue weighted by molar-refractivity contribution is 6.34. The summed E-state index contributed by atoms with van der Waals surface area (Å²) in [4.78, 5) is 29.0. The van der Waals surface area contributed by atoms with Crippen LogP contribution in [0.3, 0.4) is 0 Å². The number of nitrogens with one attached hydrogen (secondary N) is 1. The van der Waals surface area contributed by atoms with Gasteiger partial charge >= 0.3 is 5.97 Å². The number of benzene rings is 1. The fourth-order valence-corrected chi connectivity index (χ4v) is 4.78. The summed E-state index contributed by atoms with van der Waals surface area (Å²) in [6.07, 6.45) is 9.16. The van der Waals surface area contributed by atoms with Gasteiger partial charge in [-0.2, -0.15) is 5.10 Å². The molecule has 1 aromatic carbocycles. The number of nitrogens with zero attached hydrogens (tertiary/aromatic N) is 3. The van der Waals surface area contributed by atoms with Crippen LogP contribution < -0.4 is 5.32 Å². The maximum atomic E-state index is 12.8. The Morgan fingerprint density at radius 2 is 1.88 bits per heavy atom. The molecule has 0 saturated carbocycles. The lowest BCUT2D eigenvalue weighted by molar-refractivity contribution is -0.137. The number of halogens is 2. The van der Waals surface area contributed by atoms with E-state index in [0.29, 0.717) is 27.7 Å². The smallest absolute Gasteiger partial charge is 0.305 e. The zero-order valence-electron chi connectivity index (χ0n) is 18.6. The van der Waals surface area contributed by atoms with Gasteiger partial charge < -0.3 is 10.4 Å². The number of carboxylic acids is 1. The molecule has 1 aliphatic rings. The number of rotatable bonds is 9. The summed E-state index contributed by atoms with van der Waals surface area (Å²) >= 11 is 12.1. The van der Waals surface area contributed by atoms with Gasteiger partial charge in [0.1, 0.15) is 0 Å². The van der Waals surface area contributed by atoms with E-state index in [1.807, 2.05) is 0 Å².